The Morgan fingerprint density at radius 3 is 3.00 bits per heavy atom. The first-order chi connectivity index (χ1) is 9.35. The van der Waals surface area contributed by atoms with Crippen LogP contribution in [0.2, 0.25) is 0 Å². The molecule has 19 heavy (non-hydrogen) atoms. The van der Waals surface area contributed by atoms with E-state index >= 15 is 0 Å². The van der Waals surface area contributed by atoms with E-state index in [1.807, 2.05) is 13.0 Å². The molecule has 1 atom stereocenters. The van der Waals surface area contributed by atoms with E-state index in [9.17, 15) is 0 Å². The first-order valence-electron chi connectivity index (χ1n) is 7.56. The van der Waals surface area contributed by atoms with Crippen LogP contribution >= 0.6 is 0 Å². The van der Waals surface area contributed by atoms with Gasteiger partial charge in [0.2, 0.25) is 0 Å². The topological polar surface area (TPSA) is 24.5 Å². The number of ether oxygens (including phenoxy) is 1. The van der Waals surface area contributed by atoms with Crippen LogP contribution in [0.1, 0.15) is 26.2 Å². The molecule has 1 aromatic carbocycles. The Hall–Kier alpha value is -1.22. The zero-order chi connectivity index (χ0) is 13.1. The van der Waals surface area contributed by atoms with Gasteiger partial charge in [-0.2, -0.15) is 0 Å². The Labute approximate surface area is 115 Å². The first-order valence-corrected chi connectivity index (χ1v) is 7.56. The van der Waals surface area contributed by atoms with E-state index in [-0.39, 0.29) is 0 Å². The summed E-state index contributed by atoms with van der Waals surface area (Å²) < 4.78 is 5.58. The SMILES string of the molecule is CCOc1cccc(N2CCC(CNC3CC3)C2)c1. The molecule has 2 fully saturated rings. The van der Waals surface area contributed by atoms with E-state index in [1.165, 1.54) is 44.6 Å². The molecule has 1 N–H and O–H groups in total. The van der Waals surface area contributed by atoms with E-state index in [1.54, 1.807) is 0 Å². The fraction of sp³-hybridized carbons (Fsp3) is 0.625. The summed E-state index contributed by atoms with van der Waals surface area (Å²) in [6.07, 6.45) is 4.07. The zero-order valence-corrected chi connectivity index (χ0v) is 11.8. The summed E-state index contributed by atoms with van der Waals surface area (Å²) >= 11 is 0. The average molecular weight is 260 g/mol. The molecule has 3 rings (SSSR count). The molecule has 3 nitrogen and oxygen atoms in total. The lowest BCUT2D eigenvalue weighted by atomic mass is 10.1. The Morgan fingerprint density at radius 2 is 2.21 bits per heavy atom. The van der Waals surface area contributed by atoms with Crippen molar-refractivity contribution in [1.29, 1.82) is 0 Å². The van der Waals surface area contributed by atoms with Gasteiger partial charge < -0.3 is 15.0 Å². The van der Waals surface area contributed by atoms with Gasteiger partial charge in [0.25, 0.3) is 0 Å². The molecule has 1 aliphatic carbocycles. The Bertz CT molecular complexity index is 417. The van der Waals surface area contributed by atoms with Gasteiger partial charge in [-0.1, -0.05) is 6.07 Å². The third-order valence-corrected chi connectivity index (χ3v) is 4.05. The van der Waals surface area contributed by atoms with Crippen molar-refractivity contribution in [2.24, 2.45) is 5.92 Å². The summed E-state index contributed by atoms with van der Waals surface area (Å²) in [7, 11) is 0. The van der Waals surface area contributed by atoms with Crippen molar-refractivity contribution in [3.8, 4) is 5.75 Å². The van der Waals surface area contributed by atoms with Gasteiger partial charge in [0, 0.05) is 30.9 Å². The first kappa shape index (κ1) is 12.8. The van der Waals surface area contributed by atoms with Crippen LogP contribution in [0.5, 0.6) is 5.75 Å². The van der Waals surface area contributed by atoms with Gasteiger partial charge in [0.1, 0.15) is 5.75 Å². The van der Waals surface area contributed by atoms with Crippen LogP contribution in [0.4, 0.5) is 5.69 Å². The molecule has 0 spiro atoms. The second-order valence-electron chi connectivity index (χ2n) is 5.71. The highest BCUT2D eigenvalue weighted by Crippen LogP contribution is 2.27. The normalized spacial score (nSPS) is 22.8. The van der Waals surface area contributed by atoms with Crippen molar-refractivity contribution in [1.82, 2.24) is 5.32 Å². The molecule has 1 saturated heterocycles. The fourth-order valence-electron chi connectivity index (χ4n) is 2.79. The maximum atomic E-state index is 5.58. The average Bonchev–Trinajstić information content (AvgIpc) is 3.14. The molecular formula is C16H24N2O. The fourth-order valence-corrected chi connectivity index (χ4v) is 2.79. The summed E-state index contributed by atoms with van der Waals surface area (Å²) in [6.45, 7) is 6.30. The summed E-state index contributed by atoms with van der Waals surface area (Å²) in [5.41, 5.74) is 1.31. The highest BCUT2D eigenvalue weighted by Gasteiger charge is 2.26. The summed E-state index contributed by atoms with van der Waals surface area (Å²) in [5.74, 6) is 1.79. The monoisotopic (exact) mass is 260 g/mol. The van der Waals surface area contributed by atoms with Crippen molar-refractivity contribution in [2.45, 2.75) is 32.2 Å². The predicted octanol–water partition coefficient (Wildman–Crippen LogP) is 2.66. The van der Waals surface area contributed by atoms with Crippen LogP contribution < -0.4 is 15.0 Å². The van der Waals surface area contributed by atoms with E-state index in [4.69, 9.17) is 4.74 Å². The minimum absolute atomic E-state index is 0.734. The molecule has 1 aliphatic heterocycles. The number of rotatable bonds is 6. The molecule has 0 radical (unpaired) electrons. The molecule has 0 amide bonds. The zero-order valence-electron chi connectivity index (χ0n) is 11.8. The Balaban J connectivity index is 1.55. The van der Waals surface area contributed by atoms with Crippen LogP contribution in [0.15, 0.2) is 24.3 Å². The molecule has 3 heteroatoms. The molecule has 2 aliphatic rings. The molecule has 1 saturated carbocycles. The van der Waals surface area contributed by atoms with Gasteiger partial charge in [0.15, 0.2) is 0 Å². The van der Waals surface area contributed by atoms with Gasteiger partial charge >= 0.3 is 0 Å². The Kier molecular flexibility index (Phi) is 3.92. The van der Waals surface area contributed by atoms with Crippen molar-refractivity contribution < 1.29 is 4.74 Å². The van der Waals surface area contributed by atoms with E-state index in [0.717, 1.165) is 24.3 Å². The molecular weight excluding hydrogens is 236 g/mol. The molecule has 0 bridgehead atoms. The third-order valence-electron chi connectivity index (χ3n) is 4.05. The lowest BCUT2D eigenvalue weighted by molar-refractivity contribution is 0.340. The largest absolute Gasteiger partial charge is 0.494 e. The minimum atomic E-state index is 0.734. The van der Waals surface area contributed by atoms with Crippen molar-refractivity contribution in [3.63, 3.8) is 0 Å². The lowest BCUT2D eigenvalue weighted by Gasteiger charge is -2.19. The maximum absolute atomic E-state index is 5.58. The maximum Gasteiger partial charge on any atom is 0.121 e. The molecule has 0 aromatic heterocycles. The number of nitrogens with zero attached hydrogens (tertiary/aromatic N) is 1. The number of benzene rings is 1. The van der Waals surface area contributed by atoms with Crippen molar-refractivity contribution in [3.05, 3.63) is 24.3 Å². The third kappa shape index (κ3) is 3.41. The van der Waals surface area contributed by atoms with Gasteiger partial charge in [-0.05, 0) is 50.8 Å². The standard InChI is InChI=1S/C16H24N2O/c1-2-19-16-5-3-4-15(10-16)18-9-8-13(12-18)11-17-14-6-7-14/h3-5,10,13-14,17H,2,6-9,11-12H2,1H3. The number of hydrogen-bond acceptors (Lipinski definition) is 3. The highest BCUT2D eigenvalue weighted by atomic mass is 16.5. The molecule has 1 heterocycles. The van der Waals surface area contributed by atoms with Crippen molar-refractivity contribution >= 4 is 5.69 Å². The predicted molar refractivity (Wildman–Crippen MR) is 79.0 cm³/mol. The van der Waals surface area contributed by atoms with Gasteiger partial charge in [0.05, 0.1) is 6.61 Å². The van der Waals surface area contributed by atoms with Crippen LogP contribution in [0, 0.1) is 5.92 Å². The summed E-state index contributed by atoms with van der Waals surface area (Å²) in [6, 6.07) is 9.32. The second-order valence-corrected chi connectivity index (χ2v) is 5.71. The number of nitrogens with one attached hydrogen (secondary N) is 1. The minimum Gasteiger partial charge on any atom is -0.494 e. The smallest absolute Gasteiger partial charge is 0.121 e. The molecule has 1 aromatic rings. The van der Waals surface area contributed by atoms with Gasteiger partial charge in [-0.25, -0.2) is 0 Å². The number of hydrogen-bond donors (Lipinski definition) is 1. The number of anilines is 1. The molecule has 1 unspecified atom stereocenters. The second kappa shape index (κ2) is 5.83. The van der Waals surface area contributed by atoms with Crippen LogP contribution in [0.3, 0.4) is 0 Å². The van der Waals surface area contributed by atoms with E-state index in [2.05, 4.69) is 28.4 Å². The quantitative estimate of drug-likeness (QED) is 0.851. The highest BCUT2D eigenvalue weighted by molar-refractivity contribution is 5.51. The lowest BCUT2D eigenvalue weighted by Crippen LogP contribution is -2.27. The van der Waals surface area contributed by atoms with Crippen LogP contribution in [0.25, 0.3) is 0 Å². The van der Waals surface area contributed by atoms with Crippen LogP contribution in [-0.2, 0) is 0 Å². The molecule has 104 valence electrons. The summed E-state index contributed by atoms with van der Waals surface area (Å²) in [4.78, 5) is 2.49. The van der Waals surface area contributed by atoms with Crippen molar-refractivity contribution in [2.75, 3.05) is 31.1 Å². The van der Waals surface area contributed by atoms with E-state index in [0.29, 0.717) is 0 Å². The van der Waals surface area contributed by atoms with E-state index < -0.39 is 0 Å². The Morgan fingerprint density at radius 1 is 1.32 bits per heavy atom. The summed E-state index contributed by atoms with van der Waals surface area (Å²) in [5, 5.41) is 3.65. The van der Waals surface area contributed by atoms with Crippen LogP contribution in [-0.4, -0.2) is 32.3 Å². The van der Waals surface area contributed by atoms with Gasteiger partial charge in [-0.15, -0.1) is 0 Å². The van der Waals surface area contributed by atoms with Gasteiger partial charge in [-0.3, -0.25) is 0 Å².